The number of nitrogens with zero attached hydrogens (tertiary/aromatic N) is 4. The number of amides is 1. The molecule has 8 heteroatoms. The molecule has 0 aliphatic carbocycles. The van der Waals surface area contributed by atoms with E-state index in [4.69, 9.17) is 0 Å². The van der Waals surface area contributed by atoms with Crippen molar-refractivity contribution in [3.63, 3.8) is 0 Å². The lowest BCUT2D eigenvalue weighted by Crippen LogP contribution is -2.05. The molecule has 130 valence electrons. The van der Waals surface area contributed by atoms with Crippen molar-refractivity contribution in [3.8, 4) is 5.88 Å². The molecule has 0 radical (unpaired) electrons. The number of imidazole rings is 1. The Morgan fingerprint density at radius 2 is 2.12 bits per heavy atom. The summed E-state index contributed by atoms with van der Waals surface area (Å²) in [7, 11) is 1.86. The van der Waals surface area contributed by atoms with Gasteiger partial charge in [-0.1, -0.05) is 28.1 Å². The van der Waals surface area contributed by atoms with Gasteiger partial charge >= 0.3 is 0 Å². The van der Waals surface area contributed by atoms with Gasteiger partial charge in [-0.25, -0.2) is 4.98 Å². The molecule has 0 unspecified atom stereocenters. The minimum atomic E-state index is -0.438. The van der Waals surface area contributed by atoms with Gasteiger partial charge in [0.2, 0.25) is 5.88 Å². The van der Waals surface area contributed by atoms with Crippen LogP contribution in [0.4, 0.5) is 5.69 Å². The summed E-state index contributed by atoms with van der Waals surface area (Å²) >= 11 is 3.38. The van der Waals surface area contributed by atoms with Gasteiger partial charge in [0.05, 0.1) is 23.0 Å². The van der Waals surface area contributed by atoms with Gasteiger partial charge < -0.3 is 14.7 Å². The van der Waals surface area contributed by atoms with Crippen molar-refractivity contribution < 1.29 is 9.90 Å². The Hall–Kier alpha value is -3.00. The normalized spacial score (nSPS) is 11.8. The molecule has 0 spiro atoms. The zero-order chi connectivity index (χ0) is 18.3. The fraction of sp³-hybridized carbons (Fsp3) is 0.111. The highest BCUT2D eigenvalue weighted by atomic mass is 79.9. The first-order valence-corrected chi connectivity index (χ1v) is 8.67. The largest absolute Gasteiger partial charge is 0.493 e. The topological polar surface area (TPSA) is 95.6 Å². The van der Waals surface area contributed by atoms with Crippen LogP contribution < -0.4 is 0 Å². The molecule has 0 aliphatic heterocycles. The van der Waals surface area contributed by atoms with Crippen molar-refractivity contribution >= 4 is 49.5 Å². The predicted molar refractivity (Wildman–Crippen MR) is 102 cm³/mol. The maximum atomic E-state index is 12.2. The number of aromatic amines is 1. The molecular weight excluding hydrogens is 398 g/mol. The van der Waals surface area contributed by atoms with E-state index >= 15 is 0 Å². The molecule has 26 heavy (non-hydrogen) atoms. The number of hydrogen-bond acceptors (Lipinski definition) is 4. The number of aromatic hydroxyl groups is 1. The van der Waals surface area contributed by atoms with E-state index in [-0.39, 0.29) is 18.0 Å². The Morgan fingerprint density at radius 1 is 1.31 bits per heavy atom. The van der Waals surface area contributed by atoms with Gasteiger partial charge in [0.25, 0.3) is 5.91 Å². The predicted octanol–water partition coefficient (Wildman–Crippen LogP) is 4.38. The van der Waals surface area contributed by atoms with E-state index in [9.17, 15) is 9.90 Å². The molecule has 0 fully saturated rings. The number of aryl methyl sites for hydroxylation is 1. The third-order valence-electron chi connectivity index (χ3n) is 4.16. The van der Waals surface area contributed by atoms with Crippen LogP contribution in [0.3, 0.4) is 0 Å². The minimum absolute atomic E-state index is 0.0293. The Bertz CT molecular complexity index is 1180. The number of carbonyl (C=O) groups is 1. The first-order chi connectivity index (χ1) is 12.5. The second kappa shape index (κ2) is 6.38. The quantitative estimate of drug-likeness (QED) is 0.489. The van der Waals surface area contributed by atoms with Crippen LogP contribution in [0.1, 0.15) is 5.82 Å². The summed E-state index contributed by atoms with van der Waals surface area (Å²) in [5.74, 6) is 0.0468. The zero-order valence-corrected chi connectivity index (χ0v) is 15.4. The van der Waals surface area contributed by atoms with Gasteiger partial charge in [-0.3, -0.25) is 4.79 Å². The number of azo groups is 1. The Labute approximate surface area is 156 Å². The molecule has 2 heterocycles. The lowest BCUT2D eigenvalue weighted by molar-refractivity contribution is -0.117. The lowest BCUT2D eigenvalue weighted by atomic mass is 10.2. The summed E-state index contributed by atoms with van der Waals surface area (Å²) in [6, 6.07) is 13.1. The summed E-state index contributed by atoms with van der Waals surface area (Å²) in [6.07, 6.45) is 0.0293. The maximum Gasteiger partial charge on any atom is 0.272 e. The third kappa shape index (κ3) is 2.88. The second-order valence-electron chi connectivity index (χ2n) is 5.86. The molecule has 4 aromatic rings. The van der Waals surface area contributed by atoms with Gasteiger partial charge in [0.15, 0.2) is 5.69 Å². The molecular formula is C18H14BrN5O2. The number of H-pyrrole nitrogens is 1. The number of carbonyl (C=O) groups excluding carboxylic acids is 1. The van der Waals surface area contributed by atoms with Gasteiger partial charge in [0, 0.05) is 16.9 Å². The van der Waals surface area contributed by atoms with Crippen LogP contribution in [0.2, 0.25) is 0 Å². The summed E-state index contributed by atoms with van der Waals surface area (Å²) in [5, 5.41) is 18.4. The molecule has 4 rings (SSSR count). The summed E-state index contributed by atoms with van der Waals surface area (Å²) < 4.78 is 2.70. The number of rotatable bonds is 3. The van der Waals surface area contributed by atoms with Crippen LogP contribution in [0.15, 0.2) is 57.2 Å². The van der Waals surface area contributed by atoms with Gasteiger partial charge in [0.1, 0.15) is 5.82 Å². The van der Waals surface area contributed by atoms with Crippen LogP contribution in [-0.2, 0) is 18.3 Å². The van der Waals surface area contributed by atoms with Crippen LogP contribution in [-0.4, -0.2) is 25.5 Å². The van der Waals surface area contributed by atoms with Crippen molar-refractivity contribution in [2.75, 3.05) is 0 Å². The van der Waals surface area contributed by atoms with Gasteiger partial charge in [-0.2, -0.15) is 0 Å². The fourth-order valence-electron chi connectivity index (χ4n) is 2.87. The molecule has 0 aliphatic rings. The Balaban J connectivity index is 1.61. The molecule has 0 bridgehead atoms. The monoisotopic (exact) mass is 411 g/mol. The van der Waals surface area contributed by atoms with E-state index in [0.717, 1.165) is 15.5 Å². The number of benzene rings is 2. The average Bonchev–Trinajstić information content (AvgIpc) is 3.10. The summed E-state index contributed by atoms with van der Waals surface area (Å²) in [5.41, 5.74) is 2.72. The van der Waals surface area contributed by atoms with Crippen molar-refractivity contribution in [1.29, 1.82) is 0 Å². The van der Waals surface area contributed by atoms with Crippen LogP contribution >= 0.6 is 15.9 Å². The van der Waals surface area contributed by atoms with E-state index in [1.54, 1.807) is 12.1 Å². The first kappa shape index (κ1) is 16.5. The van der Waals surface area contributed by atoms with E-state index in [1.165, 1.54) is 0 Å². The van der Waals surface area contributed by atoms with Crippen LogP contribution in [0.25, 0.3) is 21.9 Å². The second-order valence-corrected chi connectivity index (χ2v) is 6.77. The SMILES string of the molecule is Cn1c(CC(=O)N=Nc2c(O)[nH]c3ccc(Br)cc23)nc2ccccc21. The van der Waals surface area contributed by atoms with Crippen molar-refractivity contribution in [1.82, 2.24) is 14.5 Å². The number of hydrogen-bond donors (Lipinski definition) is 2. The molecule has 2 N–H and O–H groups in total. The lowest BCUT2D eigenvalue weighted by Gasteiger charge is -1.98. The summed E-state index contributed by atoms with van der Waals surface area (Å²) in [4.78, 5) is 19.5. The highest BCUT2D eigenvalue weighted by Gasteiger charge is 2.14. The number of para-hydroxylation sites is 2. The number of nitrogens with one attached hydrogen (secondary N) is 1. The summed E-state index contributed by atoms with van der Waals surface area (Å²) in [6.45, 7) is 0. The van der Waals surface area contributed by atoms with Crippen LogP contribution in [0, 0.1) is 0 Å². The number of aromatic nitrogens is 3. The first-order valence-electron chi connectivity index (χ1n) is 7.88. The minimum Gasteiger partial charge on any atom is -0.493 e. The third-order valence-corrected chi connectivity index (χ3v) is 4.66. The van der Waals surface area contributed by atoms with E-state index in [2.05, 4.69) is 36.1 Å². The molecule has 0 atom stereocenters. The highest BCUT2D eigenvalue weighted by Crippen LogP contribution is 2.36. The zero-order valence-electron chi connectivity index (χ0n) is 13.8. The fourth-order valence-corrected chi connectivity index (χ4v) is 3.23. The van der Waals surface area contributed by atoms with Crippen molar-refractivity contribution in [3.05, 3.63) is 52.8 Å². The van der Waals surface area contributed by atoms with E-state index < -0.39 is 5.91 Å². The molecule has 1 amide bonds. The Morgan fingerprint density at radius 3 is 2.92 bits per heavy atom. The van der Waals surface area contributed by atoms with Crippen molar-refractivity contribution in [2.45, 2.75) is 6.42 Å². The van der Waals surface area contributed by atoms with Crippen molar-refractivity contribution in [2.24, 2.45) is 17.3 Å². The van der Waals surface area contributed by atoms with E-state index in [0.29, 0.717) is 16.7 Å². The van der Waals surface area contributed by atoms with Crippen LogP contribution in [0.5, 0.6) is 5.88 Å². The molecule has 0 saturated heterocycles. The van der Waals surface area contributed by atoms with Gasteiger partial charge in [-0.15, -0.1) is 10.2 Å². The maximum absolute atomic E-state index is 12.2. The molecule has 2 aromatic heterocycles. The standard InChI is InChI=1S/C18H14BrN5O2/c1-24-14-5-3-2-4-13(14)20-15(24)9-16(25)22-23-17-11-8-10(19)6-7-12(11)21-18(17)26/h2-8,21,26H,9H2,1H3. The molecule has 0 saturated carbocycles. The Kier molecular flexibility index (Phi) is 4.04. The molecule has 7 nitrogen and oxygen atoms in total. The smallest absolute Gasteiger partial charge is 0.272 e. The van der Waals surface area contributed by atoms with E-state index in [1.807, 2.05) is 41.9 Å². The highest BCUT2D eigenvalue weighted by molar-refractivity contribution is 9.10. The molecule has 2 aromatic carbocycles. The van der Waals surface area contributed by atoms with Gasteiger partial charge in [-0.05, 0) is 30.3 Å². The average molecular weight is 412 g/mol. The number of halogens is 1. The number of fused-ring (bicyclic) bond motifs is 2.